The number of nitrogens with zero attached hydrogens (tertiary/aromatic N) is 2. The molecular formula is C13H12Cl2N4. The molecule has 98 valence electrons. The molecule has 4 nitrogen and oxygen atoms in total. The molecule has 0 radical (unpaired) electrons. The Kier molecular flexibility index (Phi) is 3.21. The van der Waals surface area contributed by atoms with Crippen molar-refractivity contribution in [2.75, 3.05) is 11.9 Å². The molecule has 0 fully saturated rings. The minimum absolute atomic E-state index is 0.429. The van der Waals surface area contributed by atoms with Gasteiger partial charge in [-0.25, -0.2) is 4.98 Å². The van der Waals surface area contributed by atoms with Gasteiger partial charge in [-0.3, -0.25) is 9.98 Å². The smallest absolute Gasteiger partial charge is 0.204 e. The topological polar surface area (TPSA) is 53.7 Å². The maximum absolute atomic E-state index is 8.07. The van der Waals surface area contributed by atoms with Gasteiger partial charge in [-0.05, 0) is 24.6 Å². The zero-order valence-electron chi connectivity index (χ0n) is 10.1. The second kappa shape index (κ2) is 4.87. The molecule has 2 N–H and O–H groups in total. The molecule has 2 heterocycles. The summed E-state index contributed by atoms with van der Waals surface area (Å²) in [6.07, 6.45) is 1.01. The van der Waals surface area contributed by atoms with Gasteiger partial charge >= 0.3 is 0 Å². The van der Waals surface area contributed by atoms with Crippen molar-refractivity contribution in [3.63, 3.8) is 0 Å². The van der Waals surface area contributed by atoms with E-state index in [1.54, 1.807) is 18.2 Å². The van der Waals surface area contributed by atoms with Crippen LogP contribution in [0.2, 0.25) is 10.0 Å². The Morgan fingerprint density at radius 1 is 1.26 bits per heavy atom. The molecule has 3 rings (SSSR count). The number of hydrogen-bond acceptors (Lipinski definition) is 3. The first-order chi connectivity index (χ1) is 9.15. The van der Waals surface area contributed by atoms with E-state index in [2.05, 4.69) is 10.3 Å². The van der Waals surface area contributed by atoms with E-state index in [1.165, 1.54) is 0 Å². The molecule has 2 aromatic rings. The minimum atomic E-state index is 0.429. The number of halogens is 2. The molecule has 0 aliphatic carbocycles. The molecule has 0 saturated carbocycles. The fourth-order valence-corrected chi connectivity index (χ4v) is 2.67. The second-order valence-electron chi connectivity index (χ2n) is 4.41. The first-order valence-corrected chi connectivity index (χ1v) is 6.76. The van der Waals surface area contributed by atoms with Crippen molar-refractivity contribution in [1.29, 1.82) is 5.41 Å². The van der Waals surface area contributed by atoms with Crippen LogP contribution in [0.25, 0.3) is 11.3 Å². The largest absolute Gasteiger partial charge is 0.356 e. The quantitative estimate of drug-likeness (QED) is 0.849. The molecule has 0 amide bonds. The van der Waals surface area contributed by atoms with Crippen LogP contribution in [0.1, 0.15) is 6.42 Å². The van der Waals surface area contributed by atoms with E-state index in [0.29, 0.717) is 21.2 Å². The van der Waals surface area contributed by atoms with E-state index in [0.717, 1.165) is 31.0 Å². The lowest BCUT2D eigenvalue weighted by Gasteiger charge is -2.20. The van der Waals surface area contributed by atoms with Crippen molar-refractivity contribution in [2.24, 2.45) is 0 Å². The van der Waals surface area contributed by atoms with Crippen LogP contribution in [0.15, 0.2) is 24.3 Å². The van der Waals surface area contributed by atoms with Crippen LogP contribution in [0, 0.1) is 5.41 Å². The van der Waals surface area contributed by atoms with E-state index in [-0.39, 0.29) is 0 Å². The fourth-order valence-electron chi connectivity index (χ4n) is 2.16. The molecule has 1 aliphatic rings. The van der Waals surface area contributed by atoms with Crippen molar-refractivity contribution in [2.45, 2.75) is 13.0 Å². The SMILES string of the molecule is N=c1cc(-c2ccc(Cl)cc2Cl)nc2n1CCCN2. The van der Waals surface area contributed by atoms with E-state index in [1.807, 2.05) is 10.6 Å². The highest BCUT2D eigenvalue weighted by Gasteiger charge is 2.13. The predicted octanol–water partition coefficient (Wildman–Crippen LogP) is 3.15. The van der Waals surface area contributed by atoms with Crippen LogP contribution in [-0.2, 0) is 6.54 Å². The zero-order chi connectivity index (χ0) is 13.4. The van der Waals surface area contributed by atoms with Crippen molar-refractivity contribution >= 4 is 29.2 Å². The van der Waals surface area contributed by atoms with Gasteiger partial charge < -0.3 is 5.32 Å². The van der Waals surface area contributed by atoms with E-state index >= 15 is 0 Å². The third-order valence-corrected chi connectivity index (χ3v) is 3.64. The molecule has 1 aromatic heterocycles. The van der Waals surface area contributed by atoms with Gasteiger partial charge in [0.25, 0.3) is 0 Å². The maximum atomic E-state index is 8.07. The molecule has 0 atom stereocenters. The molecule has 6 heteroatoms. The first-order valence-electron chi connectivity index (χ1n) is 6.01. The van der Waals surface area contributed by atoms with Gasteiger partial charge in [0.2, 0.25) is 5.95 Å². The van der Waals surface area contributed by atoms with Gasteiger partial charge in [-0.1, -0.05) is 23.2 Å². The zero-order valence-corrected chi connectivity index (χ0v) is 11.6. The Bertz CT molecular complexity index is 694. The van der Waals surface area contributed by atoms with Crippen LogP contribution >= 0.6 is 23.2 Å². The Morgan fingerprint density at radius 3 is 2.89 bits per heavy atom. The van der Waals surface area contributed by atoms with Crippen LogP contribution in [0.3, 0.4) is 0 Å². The van der Waals surface area contributed by atoms with Gasteiger partial charge in [-0.15, -0.1) is 0 Å². The highest BCUT2D eigenvalue weighted by molar-refractivity contribution is 6.36. The normalized spacial score (nSPS) is 13.8. The van der Waals surface area contributed by atoms with Gasteiger partial charge in [0.05, 0.1) is 10.7 Å². The maximum Gasteiger partial charge on any atom is 0.204 e. The fraction of sp³-hybridized carbons (Fsp3) is 0.231. The summed E-state index contributed by atoms with van der Waals surface area (Å²) in [6, 6.07) is 7.01. The molecular weight excluding hydrogens is 283 g/mol. The molecule has 1 aromatic carbocycles. The lowest BCUT2D eigenvalue weighted by molar-refractivity contribution is 0.584. The Morgan fingerprint density at radius 2 is 2.11 bits per heavy atom. The second-order valence-corrected chi connectivity index (χ2v) is 5.25. The lowest BCUT2D eigenvalue weighted by Crippen LogP contribution is -2.30. The Hall–Kier alpha value is -1.52. The summed E-state index contributed by atoms with van der Waals surface area (Å²) < 4.78 is 1.86. The Balaban J connectivity index is 2.15. The number of benzene rings is 1. The lowest BCUT2D eigenvalue weighted by atomic mass is 10.1. The summed E-state index contributed by atoms with van der Waals surface area (Å²) in [6.45, 7) is 1.70. The summed E-state index contributed by atoms with van der Waals surface area (Å²) in [5, 5.41) is 12.4. The molecule has 0 bridgehead atoms. The molecule has 1 aliphatic heterocycles. The number of nitrogens with one attached hydrogen (secondary N) is 2. The monoisotopic (exact) mass is 294 g/mol. The van der Waals surface area contributed by atoms with Crippen molar-refractivity contribution < 1.29 is 0 Å². The Labute approximate surface area is 120 Å². The number of fused-ring (bicyclic) bond motifs is 1. The number of anilines is 1. The van der Waals surface area contributed by atoms with Crippen molar-refractivity contribution in [1.82, 2.24) is 9.55 Å². The van der Waals surface area contributed by atoms with Gasteiger partial charge in [-0.2, -0.15) is 0 Å². The van der Waals surface area contributed by atoms with Gasteiger partial charge in [0.15, 0.2) is 0 Å². The van der Waals surface area contributed by atoms with E-state index < -0.39 is 0 Å². The average Bonchev–Trinajstić information content (AvgIpc) is 2.38. The molecule has 0 unspecified atom stereocenters. The summed E-state index contributed by atoms with van der Waals surface area (Å²) in [5.41, 5.74) is 1.90. The highest BCUT2D eigenvalue weighted by Crippen LogP contribution is 2.29. The van der Waals surface area contributed by atoms with E-state index in [4.69, 9.17) is 28.6 Å². The summed E-state index contributed by atoms with van der Waals surface area (Å²) >= 11 is 12.1. The standard InChI is InChI=1S/C13H12Cl2N4/c14-8-2-3-9(10(15)6-8)11-7-12(16)19-5-1-4-17-13(19)18-11/h2-3,6-7,16H,1,4-5H2,(H,17,18). The third-order valence-electron chi connectivity index (χ3n) is 3.09. The molecule has 0 spiro atoms. The van der Waals surface area contributed by atoms with Crippen molar-refractivity contribution in [3.8, 4) is 11.3 Å². The first kappa shape index (κ1) is 12.5. The van der Waals surface area contributed by atoms with E-state index in [9.17, 15) is 0 Å². The molecule has 0 saturated heterocycles. The predicted molar refractivity (Wildman–Crippen MR) is 76.6 cm³/mol. The number of hydrogen-bond donors (Lipinski definition) is 2. The summed E-state index contributed by atoms with van der Waals surface area (Å²) in [4.78, 5) is 4.54. The average molecular weight is 295 g/mol. The van der Waals surface area contributed by atoms with Crippen LogP contribution in [-0.4, -0.2) is 16.1 Å². The highest BCUT2D eigenvalue weighted by atomic mass is 35.5. The van der Waals surface area contributed by atoms with Crippen LogP contribution in [0.4, 0.5) is 5.95 Å². The number of aromatic nitrogens is 2. The molecule has 19 heavy (non-hydrogen) atoms. The third kappa shape index (κ3) is 2.33. The van der Waals surface area contributed by atoms with Crippen molar-refractivity contribution in [3.05, 3.63) is 39.8 Å². The minimum Gasteiger partial charge on any atom is -0.356 e. The van der Waals surface area contributed by atoms with Crippen LogP contribution in [0.5, 0.6) is 0 Å². The summed E-state index contributed by atoms with van der Waals surface area (Å²) in [5.74, 6) is 0.722. The van der Waals surface area contributed by atoms with Gasteiger partial charge in [0, 0.05) is 29.7 Å². The summed E-state index contributed by atoms with van der Waals surface area (Å²) in [7, 11) is 0. The van der Waals surface area contributed by atoms with Crippen LogP contribution < -0.4 is 10.8 Å². The number of rotatable bonds is 1. The van der Waals surface area contributed by atoms with Gasteiger partial charge in [0.1, 0.15) is 5.49 Å².